The van der Waals surface area contributed by atoms with Gasteiger partial charge in [-0.05, 0) is 69.0 Å². The first-order valence-corrected chi connectivity index (χ1v) is 13.2. The Morgan fingerprint density at radius 2 is 1.97 bits per heavy atom. The molecule has 0 amide bonds. The molecule has 2 heterocycles. The third-order valence-corrected chi connectivity index (χ3v) is 9.60. The molecule has 0 radical (unpaired) electrons. The topological polar surface area (TPSA) is 85.3 Å². The Hall–Kier alpha value is -2.71. The lowest BCUT2D eigenvalue weighted by Gasteiger charge is -2.37. The van der Waals surface area contributed by atoms with Crippen LogP contribution < -0.4 is 4.74 Å². The van der Waals surface area contributed by atoms with Crippen LogP contribution in [-0.2, 0) is 25.0 Å². The van der Waals surface area contributed by atoms with Crippen molar-refractivity contribution in [2.24, 2.45) is 16.3 Å². The van der Waals surface area contributed by atoms with Crippen LogP contribution in [0.1, 0.15) is 37.3 Å². The highest BCUT2D eigenvalue weighted by molar-refractivity contribution is 7.89. The molecule has 8 heteroatoms. The number of methoxy groups -OCH3 is 1. The molecule has 2 aromatic carbocycles. The molecule has 180 valence electrons. The summed E-state index contributed by atoms with van der Waals surface area (Å²) in [5, 5.41) is 0. The standard InChI is InChI=1S/C26H30N2O5S/c1-4-33-24(29)22-15-26(22)17-28(34(30,31)20-9-6-18(2)7-10-20)13-5-12-25(26)16-27-23-11-8-19(32-3)14-21(23)25/h6-11,14,16,22H,4-5,12-13,15,17H2,1-3H3/t22-,25+,26-/m1/s1. The van der Waals surface area contributed by atoms with Crippen LogP contribution in [0.25, 0.3) is 0 Å². The SMILES string of the molecule is CCOC(=O)[C@H]1C[C@@]12CN(S(=O)(=O)c1ccc(C)cc1)CCC[C@@]21C=Nc2ccc(OC)cc21. The van der Waals surface area contributed by atoms with E-state index in [9.17, 15) is 13.2 Å². The Balaban J connectivity index is 1.60. The van der Waals surface area contributed by atoms with E-state index in [1.807, 2.05) is 43.5 Å². The van der Waals surface area contributed by atoms with Crippen molar-refractivity contribution in [1.29, 1.82) is 0 Å². The largest absolute Gasteiger partial charge is 0.497 e. The Morgan fingerprint density at radius 1 is 1.21 bits per heavy atom. The van der Waals surface area contributed by atoms with E-state index in [2.05, 4.69) is 0 Å². The molecule has 2 fully saturated rings. The maximum atomic E-state index is 13.7. The van der Waals surface area contributed by atoms with Gasteiger partial charge < -0.3 is 9.47 Å². The van der Waals surface area contributed by atoms with Crippen LogP contribution in [0.5, 0.6) is 5.75 Å². The molecule has 7 nitrogen and oxygen atoms in total. The second kappa shape index (κ2) is 8.20. The van der Waals surface area contributed by atoms with Crippen molar-refractivity contribution in [3.63, 3.8) is 0 Å². The van der Waals surface area contributed by atoms with E-state index in [0.29, 0.717) is 32.4 Å². The third kappa shape index (κ3) is 3.38. The first kappa shape index (κ1) is 23.1. The number of carbonyl (C=O) groups is 1. The molecule has 0 bridgehead atoms. The number of sulfonamides is 1. The minimum Gasteiger partial charge on any atom is -0.497 e. The maximum absolute atomic E-state index is 13.7. The summed E-state index contributed by atoms with van der Waals surface area (Å²) in [4.78, 5) is 18.0. The number of carbonyl (C=O) groups excluding carboxylic acids is 1. The second-order valence-corrected chi connectivity index (χ2v) is 11.5. The molecule has 1 aliphatic carbocycles. The lowest BCUT2D eigenvalue weighted by atomic mass is 9.65. The van der Waals surface area contributed by atoms with Gasteiger partial charge in [0.05, 0.1) is 30.2 Å². The van der Waals surface area contributed by atoms with Crippen LogP contribution in [0.3, 0.4) is 0 Å². The van der Waals surface area contributed by atoms with Gasteiger partial charge in [-0.2, -0.15) is 4.31 Å². The fourth-order valence-corrected chi connectivity index (χ4v) is 7.41. The lowest BCUT2D eigenvalue weighted by Crippen LogP contribution is -2.45. The van der Waals surface area contributed by atoms with E-state index in [1.165, 1.54) is 0 Å². The zero-order valence-electron chi connectivity index (χ0n) is 19.8. The van der Waals surface area contributed by atoms with Gasteiger partial charge in [0.1, 0.15) is 5.75 Å². The third-order valence-electron chi connectivity index (χ3n) is 7.74. The molecule has 2 aromatic rings. The van der Waals surface area contributed by atoms with Gasteiger partial charge in [0, 0.05) is 30.1 Å². The Labute approximate surface area is 200 Å². The van der Waals surface area contributed by atoms with E-state index in [-0.39, 0.29) is 23.3 Å². The minimum absolute atomic E-state index is 0.245. The van der Waals surface area contributed by atoms with Crippen LogP contribution in [-0.4, -0.2) is 51.7 Å². The van der Waals surface area contributed by atoms with Crippen molar-refractivity contribution >= 4 is 27.9 Å². The average molecular weight is 483 g/mol. The van der Waals surface area contributed by atoms with Gasteiger partial charge in [-0.1, -0.05) is 17.7 Å². The number of benzene rings is 2. The van der Waals surface area contributed by atoms with E-state index in [0.717, 1.165) is 22.6 Å². The zero-order valence-corrected chi connectivity index (χ0v) is 20.6. The van der Waals surface area contributed by atoms with Gasteiger partial charge in [0.2, 0.25) is 10.0 Å². The van der Waals surface area contributed by atoms with Crippen LogP contribution in [0.2, 0.25) is 0 Å². The van der Waals surface area contributed by atoms with Gasteiger partial charge in [0.15, 0.2) is 0 Å². The molecule has 3 aliphatic rings. The number of rotatable bonds is 5. The molecule has 2 spiro atoms. The molecular formula is C26H30N2O5S. The maximum Gasteiger partial charge on any atom is 0.309 e. The lowest BCUT2D eigenvalue weighted by molar-refractivity contribution is -0.146. The first-order chi connectivity index (χ1) is 16.3. The molecule has 0 aromatic heterocycles. The van der Waals surface area contributed by atoms with Crippen molar-refractivity contribution in [3.8, 4) is 5.75 Å². The van der Waals surface area contributed by atoms with Crippen molar-refractivity contribution in [3.05, 3.63) is 53.6 Å². The number of fused-ring (bicyclic) bond motifs is 3. The summed E-state index contributed by atoms with van der Waals surface area (Å²) in [5.74, 6) is 0.0755. The first-order valence-electron chi connectivity index (χ1n) is 11.7. The monoisotopic (exact) mass is 482 g/mol. The number of ether oxygens (including phenoxy) is 2. The summed E-state index contributed by atoms with van der Waals surface area (Å²) >= 11 is 0. The Bertz CT molecular complexity index is 1260. The van der Waals surface area contributed by atoms with Crippen LogP contribution in [0.15, 0.2) is 52.4 Å². The molecule has 2 aliphatic heterocycles. The summed E-state index contributed by atoms with van der Waals surface area (Å²) in [7, 11) is -2.09. The van der Waals surface area contributed by atoms with Gasteiger partial charge in [-0.15, -0.1) is 0 Å². The highest BCUT2D eigenvalue weighted by atomic mass is 32.2. The van der Waals surface area contributed by atoms with E-state index >= 15 is 0 Å². The molecule has 0 N–H and O–H groups in total. The van der Waals surface area contributed by atoms with E-state index in [4.69, 9.17) is 14.5 Å². The molecule has 1 saturated heterocycles. The smallest absolute Gasteiger partial charge is 0.309 e. The fourth-order valence-electron chi connectivity index (χ4n) is 5.86. The Morgan fingerprint density at radius 3 is 2.68 bits per heavy atom. The predicted molar refractivity (Wildman–Crippen MR) is 129 cm³/mol. The minimum atomic E-state index is -3.72. The predicted octanol–water partition coefficient (Wildman–Crippen LogP) is 4.01. The number of hydrogen-bond donors (Lipinski definition) is 0. The molecule has 34 heavy (non-hydrogen) atoms. The molecule has 5 rings (SSSR count). The summed E-state index contributed by atoms with van der Waals surface area (Å²) in [6.45, 7) is 4.65. The normalized spacial score (nSPS) is 28.0. The summed E-state index contributed by atoms with van der Waals surface area (Å²) in [5.41, 5.74) is 1.70. The molecule has 0 unspecified atom stereocenters. The molecular weight excluding hydrogens is 452 g/mol. The number of hydrogen-bond acceptors (Lipinski definition) is 6. The van der Waals surface area contributed by atoms with Crippen molar-refractivity contribution < 1.29 is 22.7 Å². The number of aryl methyl sites for hydroxylation is 1. The number of aliphatic imine (C=N–C) groups is 1. The van der Waals surface area contributed by atoms with E-state index in [1.54, 1.807) is 30.5 Å². The van der Waals surface area contributed by atoms with Gasteiger partial charge in [-0.3, -0.25) is 9.79 Å². The Kier molecular flexibility index (Phi) is 5.56. The van der Waals surface area contributed by atoms with Crippen LogP contribution >= 0.6 is 0 Å². The summed E-state index contributed by atoms with van der Waals surface area (Å²) < 4.78 is 39.8. The van der Waals surface area contributed by atoms with Gasteiger partial charge in [-0.25, -0.2) is 8.42 Å². The van der Waals surface area contributed by atoms with Crippen molar-refractivity contribution in [2.45, 2.75) is 43.4 Å². The second-order valence-electron chi connectivity index (χ2n) is 9.53. The van der Waals surface area contributed by atoms with Crippen LogP contribution in [0, 0.1) is 18.3 Å². The number of nitrogens with zero attached hydrogens (tertiary/aromatic N) is 2. The summed E-state index contributed by atoms with van der Waals surface area (Å²) in [6.07, 6.45) is 3.88. The van der Waals surface area contributed by atoms with Crippen molar-refractivity contribution in [1.82, 2.24) is 4.31 Å². The zero-order chi connectivity index (χ0) is 24.1. The highest BCUT2D eigenvalue weighted by Crippen LogP contribution is 2.69. The van der Waals surface area contributed by atoms with Gasteiger partial charge >= 0.3 is 5.97 Å². The molecule has 3 atom stereocenters. The highest BCUT2D eigenvalue weighted by Gasteiger charge is 2.72. The molecule has 1 saturated carbocycles. The van der Waals surface area contributed by atoms with Gasteiger partial charge in [0.25, 0.3) is 0 Å². The number of esters is 1. The average Bonchev–Trinajstić information content (AvgIpc) is 3.50. The van der Waals surface area contributed by atoms with E-state index < -0.39 is 20.9 Å². The van der Waals surface area contributed by atoms with Crippen molar-refractivity contribution in [2.75, 3.05) is 26.8 Å². The summed E-state index contributed by atoms with van der Waals surface area (Å²) in [6, 6.07) is 12.7. The van der Waals surface area contributed by atoms with Crippen LogP contribution in [0.4, 0.5) is 5.69 Å². The fraction of sp³-hybridized carbons (Fsp3) is 0.462. The quantitative estimate of drug-likeness (QED) is 0.601.